The molecular weight excluding hydrogens is 408 g/mol. The van der Waals surface area contributed by atoms with E-state index in [1.54, 1.807) is 17.5 Å². The zero-order valence-electron chi connectivity index (χ0n) is 17.5. The molecule has 8 heteroatoms. The zero-order valence-corrected chi connectivity index (χ0v) is 18.4. The van der Waals surface area contributed by atoms with E-state index in [1.807, 2.05) is 37.4 Å². The first kappa shape index (κ1) is 19.8. The Labute approximate surface area is 184 Å². The van der Waals surface area contributed by atoms with Crippen molar-refractivity contribution in [1.82, 2.24) is 19.9 Å². The molecule has 31 heavy (non-hydrogen) atoms. The van der Waals surface area contributed by atoms with Gasteiger partial charge in [-0.15, -0.1) is 11.3 Å². The van der Waals surface area contributed by atoms with Gasteiger partial charge in [-0.2, -0.15) is 0 Å². The van der Waals surface area contributed by atoms with E-state index in [0.29, 0.717) is 5.82 Å². The fraction of sp³-hybridized carbons (Fsp3) is 0.304. The highest BCUT2D eigenvalue weighted by Gasteiger charge is 2.26. The minimum Gasteiger partial charge on any atom is -0.394 e. The maximum absolute atomic E-state index is 9.69. The molecule has 158 valence electrons. The van der Waals surface area contributed by atoms with Crippen molar-refractivity contribution < 1.29 is 5.11 Å². The largest absolute Gasteiger partial charge is 0.394 e. The number of aliphatic hydroxyl groups is 1. The Balaban J connectivity index is 1.43. The lowest BCUT2D eigenvalue weighted by Gasteiger charge is -2.26. The molecule has 4 aromatic heterocycles. The number of rotatable bonds is 5. The van der Waals surface area contributed by atoms with Gasteiger partial charge in [0.05, 0.1) is 22.9 Å². The second-order valence-corrected chi connectivity index (χ2v) is 8.89. The Morgan fingerprint density at radius 2 is 2.03 bits per heavy atom. The van der Waals surface area contributed by atoms with Crippen molar-refractivity contribution in [2.45, 2.75) is 32.7 Å². The molecule has 4 aromatic rings. The van der Waals surface area contributed by atoms with Crippen LogP contribution in [0.15, 0.2) is 42.7 Å². The lowest BCUT2D eigenvalue weighted by Crippen LogP contribution is -2.33. The monoisotopic (exact) mass is 432 g/mol. The molecule has 1 aliphatic heterocycles. The lowest BCUT2D eigenvalue weighted by atomic mass is 10.2. The standard InChI is InChI=1S/C23H24N6OS/c1-14-5-3-9-24-21(14)23-26-17-11-20(25-12-18(17)31-23)27-19-8-7-15(2)22(28-19)29-10-4-6-16(29)13-30/h3,5,7-9,11-12,16,30H,4,6,10,13H2,1-2H3,(H,25,27,28). The van der Waals surface area contributed by atoms with Gasteiger partial charge in [-0.25, -0.2) is 15.0 Å². The summed E-state index contributed by atoms with van der Waals surface area (Å²) in [7, 11) is 0. The van der Waals surface area contributed by atoms with Crippen molar-refractivity contribution in [2.24, 2.45) is 0 Å². The highest BCUT2D eigenvalue weighted by atomic mass is 32.1. The van der Waals surface area contributed by atoms with Crippen LogP contribution < -0.4 is 10.2 Å². The summed E-state index contributed by atoms with van der Waals surface area (Å²) in [6, 6.07) is 10.1. The quantitative estimate of drug-likeness (QED) is 0.481. The average molecular weight is 433 g/mol. The van der Waals surface area contributed by atoms with Crippen LogP contribution in [0.25, 0.3) is 20.9 Å². The Kier molecular flexibility index (Phi) is 5.25. The smallest absolute Gasteiger partial charge is 0.143 e. The van der Waals surface area contributed by atoms with Crippen molar-refractivity contribution in [3.05, 3.63) is 53.9 Å². The number of nitrogens with zero attached hydrogens (tertiary/aromatic N) is 5. The number of aromatic nitrogens is 4. The third kappa shape index (κ3) is 3.84. The highest BCUT2D eigenvalue weighted by Crippen LogP contribution is 2.32. The summed E-state index contributed by atoms with van der Waals surface area (Å²) in [6.07, 6.45) is 5.70. The van der Waals surface area contributed by atoms with Gasteiger partial charge in [-0.1, -0.05) is 12.1 Å². The topological polar surface area (TPSA) is 87.1 Å². The van der Waals surface area contributed by atoms with Crippen molar-refractivity contribution in [1.29, 1.82) is 0 Å². The van der Waals surface area contributed by atoms with Crippen molar-refractivity contribution in [3.63, 3.8) is 0 Å². The van der Waals surface area contributed by atoms with Crippen LogP contribution in [0.1, 0.15) is 24.0 Å². The number of hydrogen-bond acceptors (Lipinski definition) is 8. The number of thiazole rings is 1. The Bertz CT molecular complexity index is 1240. The van der Waals surface area contributed by atoms with Crippen LogP contribution in [-0.4, -0.2) is 44.2 Å². The first-order valence-corrected chi connectivity index (χ1v) is 11.2. The SMILES string of the molecule is Cc1cccnc1-c1nc2cc(Nc3ccc(C)c(N4CCCC4CO)n3)ncc2s1. The molecule has 0 saturated carbocycles. The van der Waals surface area contributed by atoms with Gasteiger partial charge in [0.2, 0.25) is 0 Å². The molecule has 1 atom stereocenters. The van der Waals surface area contributed by atoms with Gasteiger partial charge < -0.3 is 15.3 Å². The molecule has 1 unspecified atom stereocenters. The van der Waals surface area contributed by atoms with E-state index in [2.05, 4.69) is 33.2 Å². The second kappa shape index (κ2) is 8.20. The van der Waals surface area contributed by atoms with Gasteiger partial charge in [0.15, 0.2) is 0 Å². The van der Waals surface area contributed by atoms with Gasteiger partial charge in [-0.05, 0) is 49.9 Å². The number of nitrogens with one attached hydrogen (secondary N) is 1. The van der Waals surface area contributed by atoms with Crippen LogP contribution in [0.2, 0.25) is 0 Å². The lowest BCUT2D eigenvalue weighted by molar-refractivity contribution is 0.266. The van der Waals surface area contributed by atoms with Gasteiger partial charge in [-0.3, -0.25) is 4.98 Å². The predicted molar refractivity (Wildman–Crippen MR) is 125 cm³/mol. The van der Waals surface area contributed by atoms with E-state index in [4.69, 9.17) is 9.97 Å². The molecule has 5 heterocycles. The average Bonchev–Trinajstić information content (AvgIpc) is 3.42. The maximum Gasteiger partial charge on any atom is 0.143 e. The number of fused-ring (bicyclic) bond motifs is 1. The van der Waals surface area contributed by atoms with Crippen molar-refractivity contribution in [3.8, 4) is 10.7 Å². The molecule has 1 aliphatic rings. The molecule has 1 saturated heterocycles. The van der Waals surface area contributed by atoms with E-state index < -0.39 is 0 Å². The molecule has 0 spiro atoms. The number of aliphatic hydroxyl groups excluding tert-OH is 1. The Morgan fingerprint density at radius 3 is 2.87 bits per heavy atom. The normalized spacial score (nSPS) is 16.2. The summed E-state index contributed by atoms with van der Waals surface area (Å²) >= 11 is 1.59. The van der Waals surface area contributed by atoms with Crippen molar-refractivity contribution >= 4 is 39.0 Å². The molecule has 0 amide bonds. The summed E-state index contributed by atoms with van der Waals surface area (Å²) in [6.45, 7) is 5.17. The number of aryl methyl sites for hydroxylation is 2. The van der Waals surface area contributed by atoms with E-state index in [-0.39, 0.29) is 12.6 Å². The zero-order chi connectivity index (χ0) is 21.4. The third-order valence-corrected chi connectivity index (χ3v) is 6.69. The second-order valence-electron chi connectivity index (χ2n) is 7.86. The predicted octanol–water partition coefficient (Wildman–Crippen LogP) is 4.47. The van der Waals surface area contributed by atoms with Crippen LogP contribution in [0.4, 0.5) is 17.5 Å². The highest BCUT2D eigenvalue weighted by molar-refractivity contribution is 7.21. The minimum absolute atomic E-state index is 0.138. The Hall–Kier alpha value is -3.10. The van der Waals surface area contributed by atoms with Gasteiger partial charge in [0.1, 0.15) is 28.2 Å². The molecule has 0 bridgehead atoms. The molecule has 5 rings (SSSR count). The molecule has 0 aliphatic carbocycles. The van der Waals surface area contributed by atoms with E-state index in [1.165, 1.54) is 0 Å². The minimum atomic E-state index is 0.138. The Morgan fingerprint density at radius 1 is 1.13 bits per heavy atom. The summed E-state index contributed by atoms with van der Waals surface area (Å²) in [5, 5.41) is 13.9. The number of anilines is 3. The fourth-order valence-electron chi connectivity index (χ4n) is 4.03. The fourth-order valence-corrected chi connectivity index (χ4v) is 5.00. The third-order valence-electron chi connectivity index (χ3n) is 5.67. The summed E-state index contributed by atoms with van der Waals surface area (Å²) in [4.78, 5) is 20.9. The van der Waals surface area contributed by atoms with Gasteiger partial charge in [0.25, 0.3) is 0 Å². The molecule has 2 N–H and O–H groups in total. The van der Waals surface area contributed by atoms with Crippen molar-refractivity contribution in [2.75, 3.05) is 23.4 Å². The van der Waals surface area contributed by atoms with Gasteiger partial charge in [0, 0.05) is 25.0 Å². The molecular formula is C23H24N6OS. The molecule has 7 nitrogen and oxygen atoms in total. The molecule has 0 radical (unpaired) electrons. The number of hydrogen-bond donors (Lipinski definition) is 2. The van der Waals surface area contributed by atoms with Gasteiger partial charge >= 0.3 is 0 Å². The van der Waals surface area contributed by atoms with Crippen LogP contribution >= 0.6 is 11.3 Å². The van der Waals surface area contributed by atoms with E-state index in [9.17, 15) is 5.11 Å². The van der Waals surface area contributed by atoms with Crippen LogP contribution in [-0.2, 0) is 0 Å². The summed E-state index contributed by atoms with van der Waals surface area (Å²) in [5.41, 5.74) is 4.00. The van der Waals surface area contributed by atoms with E-state index in [0.717, 1.165) is 63.1 Å². The number of pyridine rings is 3. The molecule has 0 aromatic carbocycles. The first-order valence-electron chi connectivity index (χ1n) is 10.4. The van der Waals surface area contributed by atoms with Crippen LogP contribution in [0.5, 0.6) is 0 Å². The van der Waals surface area contributed by atoms with E-state index >= 15 is 0 Å². The van der Waals surface area contributed by atoms with Crippen LogP contribution in [0.3, 0.4) is 0 Å². The maximum atomic E-state index is 9.69. The summed E-state index contributed by atoms with van der Waals surface area (Å²) < 4.78 is 1.02. The first-order chi connectivity index (χ1) is 15.1. The molecule has 1 fully saturated rings. The van der Waals surface area contributed by atoms with Crippen LogP contribution in [0, 0.1) is 13.8 Å². The summed E-state index contributed by atoms with van der Waals surface area (Å²) in [5.74, 6) is 2.35.